The van der Waals surface area contributed by atoms with Gasteiger partial charge in [0, 0.05) is 12.4 Å². The SMILES string of the molecule is Nc1cccc(Cl)c1Oc1ccncc1. The summed E-state index contributed by atoms with van der Waals surface area (Å²) in [5.74, 6) is 1.13. The van der Waals surface area contributed by atoms with E-state index in [9.17, 15) is 0 Å². The van der Waals surface area contributed by atoms with Gasteiger partial charge in [0.25, 0.3) is 0 Å². The molecule has 0 spiro atoms. The first kappa shape index (κ1) is 9.80. The second-order valence-corrected chi connectivity index (χ2v) is 3.35. The molecular weight excluding hydrogens is 212 g/mol. The Morgan fingerprint density at radius 2 is 1.87 bits per heavy atom. The van der Waals surface area contributed by atoms with Gasteiger partial charge < -0.3 is 10.5 Å². The number of para-hydroxylation sites is 1. The first-order valence-electron chi connectivity index (χ1n) is 4.39. The van der Waals surface area contributed by atoms with Gasteiger partial charge in [-0.3, -0.25) is 4.98 Å². The van der Waals surface area contributed by atoms with Crippen LogP contribution in [0.4, 0.5) is 5.69 Å². The van der Waals surface area contributed by atoms with Gasteiger partial charge in [-0.15, -0.1) is 0 Å². The number of ether oxygens (including phenoxy) is 1. The van der Waals surface area contributed by atoms with Crippen molar-refractivity contribution >= 4 is 17.3 Å². The van der Waals surface area contributed by atoms with E-state index in [0.29, 0.717) is 22.2 Å². The van der Waals surface area contributed by atoms with E-state index in [4.69, 9.17) is 22.1 Å². The zero-order valence-electron chi connectivity index (χ0n) is 7.85. The van der Waals surface area contributed by atoms with E-state index < -0.39 is 0 Å². The normalized spacial score (nSPS) is 9.93. The number of hydrogen-bond acceptors (Lipinski definition) is 3. The number of nitrogen functional groups attached to an aromatic ring is 1. The van der Waals surface area contributed by atoms with Gasteiger partial charge in [-0.05, 0) is 24.3 Å². The van der Waals surface area contributed by atoms with Gasteiger partial charge in [-0.1, -0.05) is 17.7 Å². The van der Waals surface area contributed by atoms with E-state index in [1.54, 1.807) is 42.7 Å². The quantitative estimate of drug-likeness (QED) is 0.792. The number of hydrogen-bond donors (Lipinski definition) is 1. The molecule has 0 aliphatic heterocycles. The average molecular weight is 221 g/mol. The highest BCUT2D eigenvalue weighted by atomic mass is 35.5. The molecule has 0 radical (unpaired) electrons. The highest BCUT2D eigenvalue weighted by Gasteiger charge is 2.06. The van der Waals surface area contributed by atoms with Crippen molar-refractivity contribution in [1.29, 1.82) is 0 Å². The molecule has 2 aromatic rings. The van der Waals surface area contributed by atoms with Crippen LogP contribution in [0.3, 0.4) is 0 Å². The summed E-state index contributed by atoms with van der Waals surface area (Å²) in [6.07, 6.45) is 3.28. The molecule has 0 saturated carbocycles. The summed E-state index contributed by atoms with van der Waals surface area (Å²) in [4.78, 5) is 3.89. The molecule has 0 aliphatic rings. The monoisotopic (exact) mass is 220 g/mol. The van der Waals surface area contributed by atoms with Crippen LogP contribution in [0, 0.1) is 0 Å². The third-order valence-electron chi connectivity index (χ3n) is 1.87. The van der Waals surface area contributed by atoms with Crippen molar-refractivity contribution in [2.24, 2.45) is 0 Å². The topological polar surface area (TPSA) is 48.1 Å². The molecule has 0 fully saturated rings. The zero-order valence-corrected chi connectivity index (χ0v) is 8.61. The fourth-order valence-corrected chi connectivity index (χ4v) is 1.38. The lowest BCUT2D eigenvalue weighted by Gasteiger charge is -2.09. The lowest BCUT2D eigenvalue weighted by Crippen LogP contribution is -1.92. The predicted octanol–water partition coefficient (Wildman–Crippen LogP) is 3.11. The maximum Gasteiger partial charge on any atom is 0.168 e. The third kappa shape index (κ3) is 2.19. The van der Waals surface area contributed by atoms with Crippen molar-refractivity contribution in [3.05, 3.63) is 47.7 Å². The van der Waals surface area contributed by atoms with E-state index in [-0.39, 0.29) is 0 Å². The average Bonchev–Trinajstić information content (AvgIpc) is 2.25. The van der Waals surface area contributed by atoms with Crippen LogP contribution < -0.4 is 10.5 Å². The number of nitrogens with two attached hydrogens (primary N) is 1. The standard InChI is InChI=1S/C11H9ClN2O/c12-9-2-1-3-10(13)11(9)15-8-4-6-14-7-5-8/h1-7H,13H2. The number of nitrogens with zero attached hydrogens (tertiary/aromatic N) is 1. The Morgan fingerprint density at radius 3 is 2.53 bits per heavy atom. The summed E-state index contributed by atoms with van der Waals surface area (Å²) < 4.78 is 5.54. The number of aromatic nitrogens is 1. The maximum atomic E-state index is 5.96. The van der Waals surface area contributed by atoms with Gasteiger partial charge in [0.05, 0.1) is 10.7 Å². The highest BCUT2D eigenvalue weighted by molar-refractivity contribution is 6.32. The molecule has 15 heavy (non-hydrogen) atoms. The summed E-state index contributed by atoms with van der Waals surface area (Å²) in [6.45, 7) is 0. The first-order chi connectivity index (χ1) is 7.27. The minimum atomic E-state index is 0.477. The number of anilines is 1. The Morgan fingerprint density at radius 1 is 1.13 bits per heavy atom. The van der Waals surface area contributed by atoms with Crippen LogP contribution in [0.2, 0.25) is 5.02 Å². The summed E-state index contributed by atoms with van der Waals surface area (Å²) in [5.41, 5.74) is 6.26. The first-order valence-corrected chi connectivity index (χ1v) is 4.77. The largest absolute Gasteiger partial charge is 0.454 e. The molecular formula is C11H9ClN2O. The van der Waals surface area contributed by atoms with Gasteiger partial charge in [-0.25, -0.2) is 0 Å². The molecule has 0 saturated heterocycles. The molecule has 0 bridgehead atoms. The van der Waals surface area contributed by atoms with Crippen molar-refractivity contribution in [3.8, 4) is 11.5 Å². The molecule has 4 heteroatoms. The van der Waals surface area contributed by atoms with Crippen molar-refractivity contribution < 1.29 is 4.74 Å². The van der Waals surface area contributed by atoms with Gasteiger partial charge in [0.1, 0.15) is 5.75 Å². The second kappa shape index (κ2) is 4.19. The zero-order chi connectivity index (χ0) is 10.7. The number of halogens is 1. The van der Waals surface area contributed by atoms with Crippen molar-refractivity contribution in [2.75, 3.05) is 5.73 Å². The molecule has 1 aromatic carbocycles. The van der Waals surface area contributed by atoms with Crippen LogP contribution in [-0.4, -0.2) is 4.98 Å². The number of rotatable bonds is 2. The molecule has 76 valence electrons. The molecule has 0 amide bonds. The number of pyridine rings is 1. The van der Waals surface area contributed by atoms with Crippen LogP contribution in [0.15, 0.2) is 42.7 Å². The van der Waals surface area contributed by atoms with E-state index >= 15 is 0 Å². The molecule has 3 nitrogen and oxygen atoms in total. The van der Waals surface area contributed by atoms with Gasteiger partial charge >= 0.3 is 0 Å². The Hall–Kier alpha value is -1.74. The summed E-state index contributed by atoms with van der Waals surface area (Å²) in [5, 5.41) is 0.492. The minimum Gasteiger partial charge on any atom is -0.454 e. The van der Waals surface area contributed by atoms with Crippen LogP contribution in [0.5, 0.6) is 11.5 Å². The summed E-state index contributed by atoms with van der Waals surface area (Å²) in [7, 11) is 0. The molecule has 2 N–H and O–H groups in total. The fourth-order valence-electron chi connectivity index (χ4n) is 1.16. The molecule has 0 unspecified atom stereocenters. The lowest BCUT2D eigenvalue weighted by atomic mass is 10.3. The van der Waals surface area contributed by atoms with E-state index in [1.165, 1.54) is 0 Å². The smallest absolute Gasteiger partial charge is 0.168 e. The van der Waals surface area contributed by atoms with Gasteiger partial charge in [-0.2, -0.15) is 0 Å². The van der Waals surface area contributed by atoms with Crippen molar-refractivity contribution in [2.45, 2.75) is 0 Å². The molecule has 0 atom stereocenters. The second-order valence-electron chi connectivity index (χ2n) is 2.94. The van der Waals surface area contributed by atoms with E-state index in [1.807, 2.05) is 0 Å². The Labute approximate surface area is 92.5 Å². The van der Waals surface area contributed by atoms with Crippen LogP contribution in [-0.2, 0) is 0 Å². The minimum absolute atomic E-state index is 0.477. The lowest BCUT2D eigenvalue weighted by molar-refractivity contribution is 0.484. The Bertz CT molecular complexity index is 439. The molecule has 1 heterocycles. The summed E-state index contributed by atoms with van der Waals surface area (Å²) >= 11 is 5.96. The predicted molar refractivity (Wildman–Crippen MR) is 60.2 cm³/mol. The van der Waals surface area contributed by atoms with Crippen molar-refractivity contribution in [1.82, 2.24) is 4.98 Å². The van der Waals surface area contributed by atoms with Gasteiger partial charge in [0.2, 0.25) is 0 Å². The molecule has 0 aliphatic carbocycles. The molecule has 2 rings (SSSR count). The van der Waals surface area contributed by atoms with Crippen molar-refractivity contribution in [3.63, 3.8) is 0 Å². The number of benzene rings is 1. The maximum absolute atomic E-state index is 5.96. The van der Waals surface area contributed by atoms with Crippen LogP contribution >= 0.6 is 11.6 Å². The van der Waals surface area contributed by atoms with Crippen LogP contribution in [0.25, 0.3) is 0 Å². The van der Waals surface area contributed by atoms with Crippen LogP contribution in [0.1, 0.15) is 0 Å². The molecule has 1 aromatic heterocycles. The third-order valence-corrected chi connectivity index (χ3v) is 2.16. The Kier molecular flexibility index (Phi) is 2.74. The van der Waals surface area contributed by atoms with E-state index in [0.717, 1.165) is 0 Å². The Balaban J connectivity index is 2.32. The fraction of sp³-hybridized carbons (Fsp3) is 0. The van der Waals surface area contributed by atoms with E-state index in [2.05, 4.69) is 4.98 Å². The summed E-state index contributed by atoms with van der Waals surface area (Å²) in [6, 6.07) is 8.72. The van der Waals surface area contributed by atoms with Gasteiger partial charge in [0.15, 0.2) is 5.75 Å². The highest BCUT2D eigenvalue weighted by Crippen LogP contribution is 2.34.